The Kier molecular flexibility index (Phi) is 5.47. The topological polar surface area (TPSA) is 29.3 Å². The number of hydrogen-bond acceptors (Lipinski definition) is 3. The highest BCUT2D eigenvalue weighted by molar-refractivity contribution is 8.00. The van der Waals surface area contributed by atoms with Crippen LogP contribution in [-0.4, -0.2) is 40.6 Å². The van der Waals surface area contributed by atoms with Gasteiger partial charge in [0.25, 0.3) is 0 Å². The van der Waals surface area contributed by atoms with Crippen LogP contribution in [0.4, 0.5) is 0 Å². The molecule has 0 amide bonds. The van der Waals surface area contributed by atoms with Crippen molar-refractivity contribution in [3.05, 3.63) is 0 Å². The molecule has 0 radical (unpaired) electrons. The van der Waals surface area contributed by atoms with E-state index in [0.717, 1.165) is 18.4 Å². The van der Waals surface area contributed by atoms with Crippen molar-refractivity contribution in [1.82, 2.24) is 4.90 Å². The lowest BCUT2D eigenvalue weighted by molar-refractivity contribution is -0.0105. The lowest BCUT2D eigenvalue weighted by atomic mass is 9.66. The van der Waals surface area contributed by atoms with Crippen molar-refractivity contribution >= 4 is 11.8 Å². The third kappa shape index (κ3) is 3.36. The molecule has 2 fully saturated rings. The van der Waals surface area contributed by atoms with Gasteiger partial charge in [-0.15, -0.1) is 0 Å². The summed E-state index contributed by atoms with van der Waals surface area (Å²) in [5.74, 6) is 2.80. The molecule has 2 nitrogen and oxygen atoms in total. The average molecular weight is 299 g/mol. The Hall–Kier alpha value is 0.270. The van der Waals surface area contributed by atoms with Crippen LogP contribution in [0.15, 0.2) is 0 Å². The van der Waals surface area contributed by atoms with Gasteiger partial charge in [-0.3, -0.25) is 4.90 Å². The quantitative estimate of drug-likeness (QED) is 0.860. The summed E-state index contributed by atoms with van der Waals surface area (Å²) in [7, 11) is 0. The second-order valence-corrected chi connectivity index (χ2v) is 9.55. The summed E-state index contributed by atoms with van der Waals surface area (Å²) in [5, 5.41) is 0. The molecule has 2 unspecified atom stereocenters. The van der Waals surface area contributed by atoms with Gasteiger partial charge in [0.15, 0.2) is 0 Å². The molecule has 1 aliphatic carbocycles. The van der Waals surface area contributed by atoms with Crippen molar-refractivity contribution in [3.8, 4) is 0 Å². The summed E-state index contributed by atoms with van der Waals surface area (Å²) in [6.07, 6.45) is 6.76. The van der Waals surface area contributed by atoms with Crippen molar-refractivity contribution in [2.45, 2.75) is 70.1 Å². The predicted molar refractivity (Wildman–Crippen MR) is 91.3 cm³/mol. The number of thioether (sulfide) groups is 1. The van der Waals surface area contributed by atoms with Gasteiger partial charge in [-0.25, -0.2) is 0 Å². The van der Waals surface area contributed by atoms with Gasteiger partial charge in [0.1, 0.15) is 0 Å². The molecule has 0 bridgehead atoms. The van der Waals surface area contributed by atoms with E-state index < -0.39 is 0 Å². The minimum atomic E-state index is 0.285. The smallest absolute Gasteiger partial charge is 0.0362 e. The van der Waals surface area contributed by atoms with Crippen LogP contribution in [-0.2, 0) is 0 Å². The Morgan fingerprint density at radius 2 is 1.95 bits per heavy atom. The Labute approximate surface area is 130 Å². The monoisotopic (exact) mass is 298 g/mol. The zero-order valence-electron chi connectivity index (χ0n) is 14.0. The third-order valence-corrected chi connectivity index (χ3v) is 7.06. The molecule has 2 atom stereocenters. The molecule has 3 heteroatoms. The van der Waals surface area contributed by atoms with E-state index >= 15 is 0 Å². The van der Waals surface area contributed by atoms with E-state index in [-0.39, 0.29) is 5.54 Å². The highest BCUT2D eigenvalue weighted by Gasteiger charge is 2.46. The summed E-state index contributed by atoms with van der Waals surface area (Å²) in [6, 6.07) is 0. The fourth-order valence-corrected chi connectivity index (χ4v) is 5.54. The number of hydrogen-bond donors (Lipinski definition) is 1. The third-order valence-electron chi connectivity index (χ3n) is 5.69. The first-order valence-corrected chi connectivity index (χ1v) is 9.49. The molecule has 2 N–H and O–H groups in total. The molecule has 118 valence electrons. The molecule has 0 spiro atoms. The fourth-order valence-electron chi connectivity index (χ4n) is 4.44. The van der Waals surface area contributed by atoms with Gasteiger partial charge in [-0.1, -0.05) is 40.5 Å². The summed E-state index contributed by atoms with van der Waals surface area (Å²) in [6.45, 7) is 12.9. The minimum absolute atomic E-state index is 0.285. The fraction of sp³-hybridized carbons (Fsp3) is 1.00. The van der Waals surface area contributed by atoms with Crippen molar-refractivity contribution in [1.29, 1.82) is 0 Å². The molecule has 2 rings (SSSR count). The van der Waals surface area contributed by atoms with E-state index in [4.69, 9.17) is 5.73 Å². The summed E-state index contributed by atoms with van der Waals surface area (Å²) < 4.78 is 0.437. The van der Waals surface area contributed by atoms with Crippen LogP contribution >= 0.6 is 11.8 Å². The molecule has 1 saturated heterocycles. The average Bonchev–Trinajstić information content (AvgIpc) is 2.59. The van der Waals surface area contributed by atoms with Crippen molar-refractivity contribution in [2.24, 2.45) is 17.6 Å². The lowest BCUT2D eigenvalue weighted by Crippen LogP contribution is -2.61. The molecule has 1 aliphatic heterocycles. The van der Waals surface area contributed by atoms with Crippen LogP contribution in [0.3, 0.4) is 0 Å². The molecule has 1 saturated carbocycles. The Morgan fingerprint density at radius 1 is 1.20 bits per heavy atom. The molecule has 1 heterocycles. The molecule has 2 aliphatic rings. The normalized spacial score (nSPS) is 36.0. The van der Waals surface area contributed by atoms with E-state index in [1.807, 2.05) is 0 Å². The second-order valence-electron chi connectivity index (χ2n) is 7.75. The Bertz CT molecular complexity index is 316. The first-order chi connectivity index (χ1) is 9.41. The van der Waals surface area contributed by atoms with Gasteiger partial charge in [0.05, 0.1) is 0 Å². The van der Waals surface area contributed by atoms with Gasteiger partial charge < -0.3 is 5.73 Å². The number of nitrogens with two attached hydrogens (primary N) is 1. The molecule has 0 aromatic rings. The Balaban J connectivity index is 2.20. The van der Waals surface area contributed by atoms with E-state index in [2.05, 4.69) is 44.4 Å². The summed E-state index contributed by atoms with van der Waals surface area (Å²) in [4.78, 5) is 2.79. The molecule has 0 aromatic heterocycles. The van der Waals surface area contributed by atoms with Gasteiger partial charge >= 0.3 is 0 Å². The van der Waals surface area contributed by atoms with E-state index in [1.54, 1.807) is 0 Å². The molecule has 0 aromatic carbocycles. The van der Waals surface area contributed by atoms with Crippen molar-refractivity contribution in [3.63, 3.8) is 0 Å². The van der Waals surface area contributed by atoms with Crippen molar-refractivity contribution in [2.75, 3.05) is 25.4 Å². The first kappa shape index (κ1) is 16.6. The molecule has 20 heavy (non-hydrogen) atoms. The summed E-state index contributed by atoms with van der Waals surface area (Å²) >= 11 is 2.15. The highest BCUT2D eigenvalue weighted by Crippen LogP contribution is 2.44. The maximum Gasteiger partial charge on any atom is 0.0362 e. The van der Waals surface area contributed by atoms with Gasteiger partial charge in [0.2, 0.25) is 0 Å². The summed E-state index contributed by atoms with van der Waals surface area (Å²) in [5.41, 5.74) is 6.65. The van der Waals surface area contributed by atoms with Gasteiger partial charge in [0, 0.05) is 35.7 Å². The number of nitrogens with zero attached hydrogens (tertiary/aromatic N) is 1. The molecular weight excluding hydrogens is 264 g/mol. The highest BCUT2D eigenvalue weighted by atomic mass is 32.2. The first-order valence-electron chi connectivity index (χ1n) is 8.50. The zero-order valence-corrected chi connectivity index (χ0v) is 14.8. The van der Waals surface area contributed by atoms with E-state index in [1.165, 1.54) is 50.9 Å². The van der Waals surface area contributed by atoms with Crippen LogP contribution in [0.1, 0.15) is 59.8 Å². The van der Waals surface area contributed by atoms with Crippen LogP contribution in [0.25, 0.3) is 0 Å². The van der Waals surface area contributed by atoms with Crippen LogP contribution < -0.4 is 5.73 Å². The maximum absolute atomic E-state index is 6.37. The zero-order chi connectivity index (χ0) is 14.8. The van der Waals surface area contributed by atoms with Gasteiger partial charge in [-0.2, -0.15) is 11.8 Å². The Morgan fingerprint density at radius 3 is 2.60 bits per heavy atom. The largest absolute Gasteiger partial charge is 0.329 e. The van der Waals surface area contributed by atoms with Crippen LogP contribution in [0, 0.1) is 11.8 Å². The maximum atomic E-state index is 6.37. The standard InChI is InChI=1S/C17H34N2S/c1-14(2)15-7-5-6-8-17(15,13-18)19-10-9-16(3,4)20-12-11-19/h14-15H,5-13,18H2,1-4H3. The van der Waals surface area contributed by atoms with E-state index in [9.17, 15) is 0 Å². The van der Waals surface area contributed by atoms with Crippen LogP contribution in [0.2, 0.25) is 0 Å². The minimum Gasteiger partial charge on any atom is -0.329 e. The van der Waals surface area contributed by atoms with E-state index in [0.29, 0.717) is 4.75 Å². The lowest BCUT2D eigenvalue weighted by Gasteiger charge is -2.52. The van der Waals surface area contributed by atoms with Crippen molar-refractivity contribution < 1.29 is 0 Å². The second kappa shape index (κ2) is 6.58. The predicted octanol–water partition coefficient (Wildman–Crippen LogP) is 3.75. The van der Waals surface area contributed by atoms with Gasteiger partial charge in [-0.05, 0) is 31.1 Å². The SMILES string of the molecule is CC(C)C1CCCCC1(CN)N1CCSC(C)(C)CC1. The molecular formula is C17H34N2S. The van der Waals surface area contributed by atoms with Crippen LogP contribution in [0.5, 0.6) is 0 Å². The number of rotatable bonds is 3.